The highest BCUT2D eigenvalue weighted by Crippen LogP contribution is 2.45. The summed E-state index contributed by atoms with van der Waals surface area (Å²) in [6, 6.07) is 16.3. The second kappa shape index (κ2) is 5.41. The molecule has 23 heavy (non-hydrogen) atoms. The highest BCUT2D eigenvalue weighted by Gasteiger charge is 2.51. The van der Waals surface area contributed by atoms with Crippen molar-refractivity contribution in [3.05, 3.63) is 70.8 Å². The van der Waals surface area contributed by atoms with Crippen LogP contribution in [-0.4, -0.2) is 17.9 Å². The Labute approximate surface area is 136 Å². The van der Waals surface area contributed by atoms with Crippen molar-refractivity contribution in [1.29, 1.82) is 0 Å². The van der Waals surface area contributed by atoms with E-state index in [0.717, 1.165) is 30.4 Å². The van der Waals surface area contributed by atoms with Crippen molar-refractivity contribution in [3.63, 3.8) is 0 Å². The van der Waals surface area contributed by atoms with Gasteiger partial charge in [-0.3, -0.25) is 4.79 Å². The van der Waals surface area contributed by atoms with Crippen molar-refractivity contribution in [1.82, 2.24) is 0 Å². The van der Waals surface area contributed by atoms with Gasteiger partial charge in [-0.25, -0.2) is 0 Å². The van der Waals surface area contributed by atoms with Crippen molar-refractivity contribution in [2.75, 3.05) is 6.54 Å². The van der Waals surface area contributed by atoms with Crippen LogP contribution < -0.4 is 0 Å². The fraction of sp³-hybridized carbons (Fsp3) is 0.350. The van der Waals surface area contributed by atoms with Gasteiger partial charge in [-0.1, -0.05) is 48.5 Å². The number of hydrogen-bond donors (Lipinski definition) is 0. The third-order valence-electron chi connectivity index (χ3n) is 5.31. The molecule has 0 saturated heterocycles. The zero-order valence-corrected chi connectivity index (χ0v) is 13.3. The first-order chi connectivity index (χ1) is 11.2. The van der Waals surface area contributed by atoms with Crippen molar-refractivity contribution in [3.8, 4) is 0 Å². The van der Waals surface area contributed by atoms with Crippen LogP contribution in [0.2, 0.25) is 0 Å². The number of ketones is 1. The maximum absolute atomic E-state index is 13.4. The summed E-state index contributed by atoms with van der Waals surface area (Å²) in [5.74, 6) is 0.211. The zero-order valence-electron chi connectivity index (χ0n) is 13.3. The van der Waals surface area contributed by atoms with Crippen LogP contribution in [0.25, 0.3) is 0 Å². The van der Waals surface area contributed by atoms with Crippen LogP contribution in [-0.2, 0) is 6.42 Å². The molecule has 0 aromatic heterocycles. The fourth-order valence-corrected chi connectivity index (χ4v) is 4.09. The number of carbonyl (C=O) groups is 1. The number of rotatable bonds is 1. The minimum absolute atomic E-state index is 0.0577. The zero-order chi connectivity index (χ0) is 15.9. The number of azo groups is 1. The molecule has 0 bridgehead atoms. The van der Waals surface area contributed by atoms with Gasteiger partial charge in [0.15, 0.2) is 11.3 Å². The smallest absolute Gasteiger partial charge is 0.193 e. The van der Waals surface area contributed by atoms with Gasteiger partial charge in [0.1, 0.15) is 0 Å². The molecular weight excluding hydrogens is 284 g/mol. The van der Waals surface area contributed by atoms with Crippen molar-refractivity contribution >= 4 is 5.78 Å². The van der Waals surface area contributed by atoms with Gasteiger partial charge >= 0.3 is 0 Å². The third kappa shape index (κ3) is 2.14. The fourth-order valence-electron chi connectivity index (χ4n) is 4.09. The minimum atomic E-state index is -0.710. The Morgan fingerprint density at radius 2 is 1.87 bits per heavy atom. The summed E-state index contributed by atoms with van der Waals surface area (Å²) in [6.07, 6.45) is 2.70. The summed E-state index contributed by atoms with van der Waals surface area (Å²) < 4.78 is 0. The molecule has 1 spiro atoms. The van der Waals surface area contributed by atoms with E-state index in [0.29, 0.717) is 6.54 Å². The summed E-state index contributed by atoms with van der Waals surface area (Å²) in [5, 5.41) is 8.87. The van der Waals surface area contributed by atoms with Gasteiger partial charge in [0, 0.05) is 11.5 Å². The average molecular weight is 304 g/mol. The van der Waals surface area contributed by atoms with E-state index in [-0.39, 0.29) is 11.7 Å². The van der Waals surface area contributed by atoms with Crippen LogP contribution in [0.5, 0.6) is 0 Å². The first-order valence-corrected chi connectivity index (χ1v) is 8.29. The lowest BCUT2D eigenvalue weighted by Gasteiger charge is -2.30. The average Bonchev–Trinajstić information content (AvgIpc) is 2.93. The Morgan fingerprint density at radius 3 is 2.74 bits per heavy atom. The molecule has 1 heterocycles. The van der Waals surface area contributed by atoms with Gasteiger partial charge < -0.3 is 0 Å². The molecule has 1 aliphatic carbocycles. The number of nitrogens with zero attached hydrogens (tertiary/aromatic N) is 2. The standard InChI is InChI=1S/C20H20N2O/c1-14-7-2-4-10-16(14)18-13-21-22-20(18)12-6-9-15-8-3-5-11-17(15)19(20)23/h2-5,7-8,10-11,18H,6,9,12-13H2,1H3/t18-,20-/m1/s1. The molecule has 0 amide bonds. The molecular formula is C20H20N2O. The van der Waals surface area contributed by atoms with E-state index < -0.39 is 5.54 Å². The van der Waals surface area contributed by atoms with Gasteiger partial charge in [0.05, 0.1) is 6.54 Å². The van der Waals surface area contributed by atoms with Crippen molar-refractivity contribution < 1.29 is 4.79 Å². The van der Waals surface area contributed by atoms with E-state index in [9.17, 15) is 4.79 Å². The third-order valence-corrected chi connectivity index (χ3v) is 5.31. The molecule has 3 heteroatoms. The number of carbonyl (C=O) groups excluding carboxylic acids is 1. The maximum Gasteiger partial charge on any atom is 0.193 e. The number of hydrogen-bond acceptors (Lipinski definition) is 3. The number of aryl methyl sites for hydroxylation is 2. The molecule has 4 rings (SSSR count). The molecule has 0 saturated carbocycles. The lowest BCUT2D eigenvalue weighted by Crippen LogP contribution is -2.41. The monoisotopic (exact) mass is 304 g/mol. The van der Waals surface area contributed by atoms with E-state index >= 15 is 0 Å². The minimum Gasteiger partial charge on any atom is -0.291 e. The molecule has 0 unspecified atom stereocenters. The van der Waals surface area contributed by atoms with Crippen LogP contribution in [0, 0.1) is 6.92 Å². The van der Waals surface area contributed by atoms with Crippen molar-refractivity contribution in [2.24, 2.45) is 10.2 Å². The second-order valence-corrected chi connectivity index (χ2v) is 6.60. The molecule has 0 radical (unpaired) electrons. The van der Waals surface area contributed by atoms with Gasteiger partial charge in [-0.2, -0.15) is 10.2 Å². The molecule has 3 nitrogen and oxygen atoms in total. The Hall–Kier alpha value is -2.29. The van der Waals surface area contributed by atoms with Gasteiger partial charge in [0.25, 0.3) is 0 Å². The van der Waals surface area contributed by atoms with Crippen LogP contribution >= 0.6 is 0 Å². The van der Waals surface area contributed by atoms with E-state index in [1.165, 1.54) is 11.1 Å². The summed E-state index contributed by atoms with van der Waals surface area (Å²) in [5.41, 5.74) is 3.71. The van der Waals surface area contributed by atoms with E-state index in [2.05, 4.69) is 35.4 Å². The summed E-state index contributed by atoms with van der Waals surface area (Å²) in [4.78, 5) is 13.4. The topological polar surface area (TPSA) is 41.8 Å². The largest absolute Gasteiger partial charge is 0.291 e. The SMILES string of the molecule is Cc1ccccc1[C@H]1CN=N[C@]12CCCc1ccccc1C2=O. The Bertz CT molecular complexity index is 796. The molecule has 2 atom stereocenters. The first-order valence-electron chi connectivity index (χ1n) is 8.29. The van der Waals surface area contributed by atoms with Gasteiger partial charge in [-0.05, 0) is 42.9 Å². The summed E-state index contributed by atoms with van der Waals surface area (Å²) >= 11 is 0. The Morgan fingerprint density at radius 1 is 1.09 bits per heavy atom. The van der Waals surface area contributed by atoms with Crippen LogP contribution in [0.3, 0.4) is 0 Å². The molecule has 2 aliphatic rings. The van der Waals surface area contributed by atoms with Gasteiger partial charge in [-0.15, -0.1) is 0 Å². The summed E-state index contributed by atoms with van der Waals surface area (Å²) in [6.45, 7) is 2.72. The lowest BCUT2D eigenvalue weighted by molar-refractivity contribution is 0.0870. The van der Waals surface area contributed by atoms with Crippen LogP contribution in [0.4, 0.5) is 0 Å². The number of benzene rings is 2. The Balaban J connectivity index is 1.84. The summed E-state index contributed by atoms with van der Waals surface area (Å²) in [7, 11) is 0. The number of fused-ring (bicyclic) bond motifs is 1. The van der Waals surface area contributed by atoms with Crippen LogP contribution in [0.15, 0.2) is 58.8 Å². The molecule has 1 aliphatic heterocycles. The molecule has 2 aromatic carbocycles. The van der Waals surface area contributed by atoms with Gasteiger partial charge in [0.2, 0.25) is 0 Å². The van der Waals surface area contributed by atoms with E-state index in [1.807, 2.05) is 30.3 Å². The lowest BCUT2D eigenvalue weighted by atomic mass is 9.73. The number of Topliss-reactive ketones (excluding diaryl/α,β-unsaturated/α-hetero) is 1. The molecule has 0 fully saturated rings. The van der Waals surface area contributed by atoms with E-state index in [4.69, 9.17) is 0 Å². The van der Waals surface area contributed by atoms with Crippen LogP contribution in [0.1, 0.15) is 45.8 Å². The maximum atomic E-state index is 13.4. The molecule has 0 N–H and O–H groups in total. The molecule has 2 aromatic rings. The highest BCUT2D eigenvalue weighted by molar-refractivity contribution is 6.05. The Kier molecular flexibility index (Phi) is 3.37. The van der Waals surface area contributed by atoms with E-state index in [1.54, 1.807) is 0 Å². The quantitative estimate of drug-likeness (QED) is 0.764. The van der Waals surface area contributed by atoms with Crippen molar-refractivity contribution in [2.45, 2.75) is 37.6 Å². The second-order valence-electron chi connectivity index (χ2n) is 6.60. The predicted octanol–water partition coefficient (Wildman–Crippen LogP) is 4.50. The molecule has 116 valence electrons. The normalized spacial score (nSPS) is 26.3. The highest BCUT2D eigenvalue weighted by atomic mass is 16.1. The predicted molar refractivity (Wildman–Crippen MR) is 90.1 cm³/mol. The first kappa shape index (κ1) is 14.3.